The Bertz CT molecular complexity index is 575. The average molecular weight is 324 g/mol. The Morgan fingerprint density at radius 3 is 2.73 bits per heavy atom. The molecule has 1 saturated heterocycles. The monoisotopic (exact) mass is 323 g/mol. The van der Waals surface area contributed by atoms with Crippen molar-refractivity contribution in [1.29, 1.82) is 0 Å². The summed E-state index contributed by atoms with van der Waals surface area (Å²) in [4.78, 5) is 25.7. The van der Waals surface area contributed by atoms with E-state index in [0.29, 0.717) is 24.4 Å². The summed E-state index contributed by atoms with van der Waals surface area (Å²) in [5.41, 5.74) is 0.112. The largest absolute Gasteiger partial charge is 0.481 e. The van der Waals surface area contributed by atoms with Gasteiger partial charge in [-0.2, -0.15) is 0 Å². The van der Waals surface area contributed by atoms with Crippen molar-refractivity contribution in [1.82, 2.24) is 4.90 Å². The standard InChI is InChI=1S/C17H22ClNO3/c1-12(10-13-6-3-4-7-14(13)18)15(20)19-9-5-8-17(2,11-19)16(21)22/h3-4,6-7,12H,5,8-11H2,1-2H3,(H,21,22). The van der Waals surface area contributed by atoms with E-state index < -0.39 is 11.4 Å². The van der Waals surface area contributed by atoms with Gasteiger partial charge in [-0.25, -0.2) is 0 Å². The van der Waals surface area contributed by atoms with Gasteiger partial charge in [0.25, 0.3) is 0 Å². The zero-order chi connectivity index (χ0) is 16.3. The van der Waals surface area contributed by atoms with Crippen LogP contribution in [-0.2, 0) is 16.0 Å². The van der Waals surface area contributed by atoms with Gasteiger partial charge in [-0.1, -0.05) is 36.7 Å². The van der Waals surface area contributed by atoms with Crippen molar-refractivity contribution >= 4 is 23.5 Å². The number of carbonyl (C=O) groups is 2. The summed E-state index contributed by atoms with van der Waals surface area (Å²) in [7, 11) is 0. The van der Waals surface area contributed by atoms with Crippen LogP contribution >= 0.6 is 11.6 Å². The molecule has 1 N–H and O–H groups in total. The van der Waals surface area contributed by atoms with Crippen molar-refractivity contribution in [2.75, 3.05) is 13.1 Å². The molecule has 0 saturated carbocycles. The second-order valence-corrected chi connectivity index (χ2v) is 6.83. The smallest absolute Gasteiger partial charge is 0.311 e. The van der Waals surface area contributed by atoms with Gasteiger partial charge in [-0.3, -0.25) is 9.59 Å². The molecule has 2 rings (SSSR count). The predicted octanol–water partition coefficient (Wildman–Crippen LogP) is 3.23. The third-order valence-corrected chi connectivity index (χ3v) is 4.80. The Morgan fingerprint density at radius 2 is 2.09 bits per heavy atom. The molecular weight excluding hydrogens is 302 g/mol. The average Bonchev–Trinajstić information content (AvgIpc) is 2.48. The van der Waals surface area contributed by atoms with E-state index in [-0.39, 0.29) is 18.4 Å². The predicted molar refractivity (Wildman–Crippen MR) is 85.9 cm³/mol. The van der Waals surface area contributed by atoms with Crippen LogP contribution in [0, 0.1) is 11.3 Å². The van der Waals surface area contributed by atoms with Gasteiger partial charge < -0.3 is 10.0 Å². The maximum absolute atomic E-state index is 12.6. The number of carboxylic acids is 1. The van der Waals surface area contributed by atoms with Crippen LogP contribution in [0.4, 0.5) is 0 Å². The van der Waals surface area contributed by atoms with Crippen LogP contribution in [0.15, 0.2) is 24.3 Å². The summed E-state index contributed by atoms with van der Waals surface area (Å²) in [6.07, 6.45) is 1.91. The molecule has 1 aliphatic heterocycles. The Hall–Kier alpha value is -1.55. The zero-order valence-corrected chi connectivity index (χ0v) is 13.8. The Kier molecular flexibility index (Phi) is 5.12. The van der Waals surface area contributed by atoms with Crippen LogP contribution in [0.2, 0.25) is 5.02 Å². The lowest BCUT2D eigenvalue weighted by atomic mass is 9.81. The van der Waals surface area contributed by atoms with E-state index in [9.17, 15) is 14.7 Å². The van der Waals surface area contributed by atoms with Gasteiger partial charge >= 0.3 is 5.97 Å². The number of benzene rings is 1. The minimum absolute atomic E-state index is 0.00657. The second kappa shape index (κ2) is 6.69. The van der Waals surface area contributed by atoms with Crippen LogP contribution in [0.25, 0.3) is 0 Å². The SMILES string of the molecule is CC(Cc1ccccc1Cl)C(=O)N1CCCC(C)(C(=O)O)C1. The van der Waals surface area contributed by atoms with E-state index in [2.05, 4.69) is 0 Å². The molecule has 1 aliphatic rings. The first kappa shape index (κ1) is 16.8. The molecule has 1 amide bonds. The van der Waals surface area contributed by atoms with E-state index in [1.807, 2.05) is 31.2 Å². The quantitative estimate of drug-likeness (QED) is 0.925. The number of amides is 1. The zero-order valence-electron chi connectivity index (χ0n) is 13.0. The van der Waals surface area contributed by atoms with Crippen LogP contribution in [0.1, 0.15) is 32.3 Å². The minimum atomic E-state index is -0.835. The molecule has 0 aromatic heterocycles. The molecule has 0 radical (unpaired) electrons. The number of hydrogen-bond acceptors (Lipinski definition) is 2. The molecule has 4 nitrogen and oxygen atoms in total. The number of carboxylic acid groups (broad SMARTS) is 1. The first-order valence-electron chi connectivity index (χ1n) is 7.59. The van der Waals surface area contributed by atoms with Crippen molar-refractivity contribution in [2.24, 2.45) is 11.3 Å². The molecule has 0 aliphatic carbocycles. The maximum atomic E-state index is 12.6. The van der Waals surface area contributed by atoms with Gasteiger partial charge in [-0.15, -0.1) is 0 Å². The third kappa shape index (κ3) is 3.61. The van der Waals surface area contributed by atoms with Gasteiger partial charge in [0.15, 0.2) is 0 Å². The number of nitrogens with zero attached hydrogens (tertiary/aromatic N) is 1. The van der Waals surface area contributed by atoms with Crippen molar-refractivity contribution in [3.8, 4) is 0 Å². The van der Waals surface area contributed by atoms with Gasteiger partial charge in [0, 0.05) is 24.0 Å². The molecule has 0 spiro atoms. The molecule has 1 aromatic carbocycles. The molecule has 1 heterocycles. The van der Waals surface area contributed by atoms with Gasteiger partial charge in [-0.05, 0) is 37.8 Å². The van der Waals surface area contributed by atoms with E-state index in [0.717, 1.165) is 12.0 Å². The topological polar surface area (TPSA) is 57.6 Å². The van der Waals surface area contributed by atoms with Crippen LogP contribution in [0.3, 0.4) is 0 Å². The lowest BCUT2D eigenvalue weighted by molar-refractivity contribution is -0.154. The van der Waals surface area contributed by atoms with E-state index in [1.54, 1.807) is 11.8 Å². The molecule has 0 bridgehead atoms. The van der Waals surface area contributed by atoms with E-state index in [4.69, 9.17) is 11.6 Å². The van der Waals surface area contributed by atoms with Crippen molar-refractivity contribution in [3.05, 3.63) is 34.9 Å². The van der Waals surface area contributed by atoms with Crippen molar-refractivity contribution in [3.63, 3.8) is 0 Å². The van der Waals surface area contributed by atoms with Gasteiger partial charge in [0.2, 0.25) is 5.91 Å². The fraction of sp³-hybridized carbons (Fsp3) is 0.529. The Labute approximate surface area is 136 Å². The number of hydrogen-bond donors (Lipinski definition) is 1. The van der Waals surface area contributed by atoms with E-state index >= 15 is 0 Å². The molecule has 1 aromatic rings. The minimum Gasteiger partial charge on any atom is -0.481 e. The van der Waals surface area contributed by atoms with Gasteiger partial charge in [0.1, 0.15) is 0 Å². The van der Waals surface area contributed by atoms with Gasteiger partial charge in [0.05, 0.1) is 5.41 Å². The number of carbonyl (C=O) groups excluding carboxylic acids is 1. The summed E-state index contributed by atoms with van der Waals surface area (Å²) in [5, 5.41) is 10.0. The lowest BCUT2D eigenvalue weighted by Crippen LogP contribution is -2.50. The molecule has 2 atom stereocenters. The summed E-state index contributed by atoms with van der Waals surface area (Å²) >= 11 is 6.14. The summed E-state index contributed by atoms with van der Waals surface area (Å²) in [5.74, 6) is -1.04. The number of piperidine rings is 1. The number of aliphatic carboxylic acids is 1. The first-order valence-corrected chi connectivity index (χ1v) is 7.97. The number of halogens is 1. The van der Waals surface area contributed by atoms with Crippen LogP contribution < -0.4 is 0 Å². The fourth-order valence-corrected chi connectivity index (χ4v) is 3.21. The van der Waals surface area contributed by atoms with E-state index in [1.165, 1.54) is 0 Å². The highest BCUT2D eigenvalue weighted by Gasteiger charge is 2.40. The summed E-state index contributed by atoms with van der Waals surface area (Å²) < 4.78 is 0. The third-order valence-electron chi connectivity index (χ3n) is 4.43. The lowest BCUT2D eigenvalue weighted by Gasteiger charge is -2.38. The van der Waals surface area contributed by atoms with Crippen molar-refractivity contribution < 1.29 is 14.7 Å². The number of rotatable bonds is 4. The van der Waals surface area contributed by atoms with Crippen LogP contribution in [-0.4, -0.2) is 35.0 Å². The summed E-state index contributed by atoms with van der Waals surface area (Å²) in [6, 6.07) is 7.50. The normalized spacial score (nSPS) is 23.1. The first-order chi connectivity index (χ1) is 10.3. The second-order valence-electron chi connectivity index (χ2n) is 6.43. The highest BCUT2D eigenvalue weighted by molar-refractivity contribution is 6.31. The highest BCUT2D eigenvalue weighted by atomic mass is 35.5. The number of likely N-dealkylation sites (tertiary alicyclic amines) is 1. The molecule has 1 fully saturated rings. The molecular formula is C17H22ClNO3. The summed E-state index contributed by atoms with van der Waals surface area (Å²) in [6.45, 7) is 4.51. The highest BCUT2D eigenvalue weighted by Crippen LogP contribution is 2.31. The Balaban J connectivity index is 2.04. The molecule has 120 valence electrons. The molecule has 5 heteroatoms. The van der Waals surface area contributed by atoms with Crippen LogP contribution in [0.5, 0.6) is 0 Å². The Morgan fingerprint density at radius 1 is 1.41 bits per heavy atom. The fourth-order valence-electron chi connectivity index (χ4n) is 2.99. The molecule has 2 unspecified atom stereocenters. The molecule has 22 heavy (non-hydrogen) atoms. The maximum Gasteiger partial charge on any atom is 0.311 e. The van der Waals surface area contributed by atoms with Crippen molar-refractivity contribution in [2.45, 2.75) is 33.1 Å².